The van der Waals surface area contributed by atoms with E-state index in [1.165, 1.54) is 0 Å². The molecule has 0 saturated heterocycles. The Hall–Kier alpha value is -1.83. The number of methoxy groups -OCH3 is 1. The van der Waals surface area contributed by atoms with Crippen molar-refractivity contribution >= 4 is 15.9 Å². The molecule has 0 saturated carbocycles. The van der Waals surface area contributed by atoms with Gasteiger partial charge in [-0.25, -0.2) is 0 Å². The highest BCUT2D eigenvalue weighted by molar-refractivity contribution is 9.10. The summed E-state index contributed by atoms with van der Waals surface area (Å²) in [5.74, 6) is 0.759. The first-order chi connectivity index (χ1) is 9.63. The van der Waals surface area contributed by atoms with Gasteiger partial charge in [-0.05, 0) is 41.5 Å². The van der Waals surface area contributed by atoms with Crippen molar-refractivity contribution in [2.75, 3.05) is 7.11 Å². The van der Waals surface area contributed by atoms with Crippen LogP contribution in [0.1, 0.15) is 22.8 Å². The van der Waals surface area contributed by atoms with Gasteiger partial charge in [0.1, 0.15) is 5.75 Å². The van der Waals surface area contributed by atoms with E-state index in [2.05, 4.69) is 22.0 Å². The summed E-state index contributed by atoms with van der Waals surface area (Å²) in [7, 11) is 1.62. The van der Waals surface area contributed by atoms with Crippen LogP contribution in [0.2, 0.25) is 0 Å². The minimum Gasteiger partial charge on any atom is -0.497 e. The van der Waals surface area contributed by atoms with Gasteiger partial charge < -0.3 is 9.84 Å². The Balaban J connectivity index is 2.18. The van der Waals surface area contributed by atoms with E-state index in [0.717, 1.165) is 21.3 Å². The van der Waals surface area contributed by atoms with Crippen molar-refractivity contribution in [3.8, 4) is 11.8 Å². The Bertz CT molecular complexity index is 632. The SMILES string of the molecule is COc1ccc(Br)c(CC(O)c2ccc(C#N)cc2)c1. The Morgan fingerprint density at radius 1 is 1.25 bits per heavy atom. The molecule has 2 aromatic carbocycles. The lowest BCUT2D eigenvalue weighted by Crippen LogP contribution is -2.02. The molecule has 0 aliphatic carbocycles. The van der Waals surface area contributed by atoms with Crippen molar-refractivity contribution in [1.82, 2.24) is 0 Å². The van der Waals surface area contributed by atoms with E-state index in [0.29, 0.717) is 12.0 Å². The lowest BCUT2D eigenvalue weighted by atomic mass is 10.0. The predicted molar refractivity (Wildman–Crippen MR) is 80.5 cm³/mol. The van der Waals surface area contributed by atoms with Crippen molar-refractivity contribution in [1.29, 1.82) is 5.26 Å². The quantitative estimate of drug-likeness (QED) is 0.931. The minimum atomic E-state index is -0.619. The molecule has 0 aliphatic heterocycles. The molecule has 1 atom stereocenters. The fourth-order valence-electron chi connectivity index (χ4n) is 1.94. The maximum Gasteiger partial charge on any atom is 0.119 e. The van der Waals surface area contributed by atoms with E-state index < -0.39 is 6.10 Å². The third kappa shape index (κ3) is 3.38. The zero-order valence-electron chi connectivity index (χ0n) is 11.0. The first-order valence-electron chi connectivity index (χ1n) is 6.14. The first-order valence-corrected chi connectivity index (χ1v) is 6.94. The van der Waals surface area contributed by atoms with Gasteiger partial charge in [0.25, 0.3) is 0 Å². The van der Waals surface area contributed by atoms with Crippen molar-refractivity contribution in [2.45, 2.75) is 12.5 Å². The summed E-state index contributed by atoms with van der Waals surface area (Å²) >= 11 is 3.47. The molecular formula is C16H14BrNO2. The van der Waals surface area contributed by atoms with E-state index in [1.807, 2.05) is 18.2 Å². The van der Waals surface area contributed by atoms with E-state index in [-0.39, 0.29) is 0 Å². The van der Waals surface area contributed by atoms with Crippen LogP contribution < -0.4 is 4.74 Å². The summed E-state index contributed by atoms with van der Waals surface area (Å²) in [5, 5.41) is 19.0. The monoisotopic (exact) mass is 331 g/mol. The molecule has 0 bridgehead atoms. The molecule has 2 aromatic rings. The highest BCUT2D eigenvalue weighted by atomic mass is 79.9. The topological polar surface area (TPSA) is 53.2 Å². The zero-order valence-corrected chi connectivity index (χ0v) is 12.6. The first kappa shape index (κ1) is 14.6. The fraction of sp³-hybridized carbons (Fsp3) is 0.188. The molecule has 20 heavy (non-hydrogen) atoms. The Morgan fingerprint density at radius 2 is 1.95 bits per heavy atom. The average molecular weight is 332 g/mol. The summed E-state index contributed by atoms with van der Waals surface area (Å²) in [6.07, 6.45) is -0.143. The second-order valence-electron chi connectivity index (χ2n) is 4.41. The number of aliphatic hydroxyl groups excluding tert-OH is 1. The number of nitriles is 1. The third-order valence-electron chi connectivity index (χ3n) is 3.09. The van der Waals surface area contributed by atoms with Gasteiger partial charge in [0.2, 0.25) is 0 Å². The molecule has 0 heterocycles. The Morgan fingerprint density at radius 3 is 2.55 bits per heavy atom. The summed E-state index contributed by atoms with van der Waals surface area (Å²) < 4.78 is 6.13. The van der Waals surface area contributed by atoms with Gasteiger partial charge in [0.05, 0.1) is 24.8 Å². The molecular weight excluding hydrogens is 318 g/mol. The van der Waals surface area contributed by atoms with Gasteiger partial charge in [0, 0.05) is 10.9 Å². The summed E-state index contributed by atoms with van der Waals surface area (Å²) in [6, 6.07) is 14.7. The largest absolute Gasteiger partial charge is 0.497 e. The molecule has 2 rings (SSSR count). The predicted octanol–water partition coefficient (Wildman–Crippen LogP) is 3.61. The van der Waals surface area contributed by atoms with Crippen LogP contribution in [-0.2, 0) is 6.42 Å². The number of rotatable bonds is 4. The van der Waals surface area contributed by atoms with Crippen molar-refractivity contribution < 1.29 is 9.84 Å². The molecule has 0 amide bonds. The molecule has 1 unspecified atom stereocenters. The molecule has 0 aromatic heterocycles. The third-order valence-corrected chi connectivity index (χ3v) is 3.86. The fourth-order valence-corrected chi connectivity index (χ4v) is 2.35. The van der Waals surface area contributed by atoms with Crippen LogP contribution in [0.5, 0.6) is 5.75 Å². The van der Waals surface area contributed by atoms with E-state index >= 15 is 0 Å². The van der Waals surface area contributed by atoms with Crippen LogP contribution in [0.15, 0.2) is 46.9 Å². The van der Waals surface area contributed by atoms with Crippen LogP contribution in [0.25, 0.3) is 0 Å². The van der Waals surface area contributed by atoms with Crippen LogP contribution in [0.3, 0.4) is 0 Å². The molecule has 0 spiro atoms. The number of ether oxygens (including phenoxy) is 1. The van der Waals surface area contributed by atoms with Gasteiger partial charge in [-0.2, -0.15) is 5.26 Å². The van der Waals surface area contributed by atoms with Gasteiger partial charge >= 0.3 is 0 Å². The average Bonchev–Trinajstić information content (AvgIpc) is 2.49. The van der Waals surface area contributed by atoms with Crippen LogP contribution in [0, 0.1) is 11.3 Å². The van der Waals surface area contributed by atoms with Gasteiger partial charge in [-0.15, -0.1) is 0 Å². The maximum atomic E-state index is 10.3. The number of nitrogens with zero attached hydrogens (tertiary/aromatic N) is 1. The minimum absolute atomic E-state index is 0.476. The normalized spacial score (nSPS) is 11.7. The maximum absolute atomic E-state index is 10.3. The number of benzene rings is 2. The van der Waals surface area contributed by atoms with Gasteiger partial charge in [-0.1, -0.05) is 28.1 Å². The smallest absolute Gasteiger partial charge is 0.119 e. The van der Waals surface area contributed by atoms with Gasteiger partial charge in [-0.3, -0.25) is 0 Å². The standard InChI is InChI=1S/C16H14BrNO2/c1-20-14-6-7-15(17)13(8-14)9-16(19)12-4-2-11(10-18)3-5-12/h2-8,16,19H,9H2,1H3. The number of halogens is 1. The highest BCUT2D eigenvalue weighted by Gasteiger charge is 2.11. The van der Waals surface area contributed by atoms with Crippen LogP contribution in [0.4, 0.5) is 0 Å². The van der Waals surface area contributed by atoms with Crippen molar-refractivity contribution in [3.05, 3.63) is 63.6 Å². The number of aliphatic hydroxyl groups is 1. The Kier molecular flexibility index (Phi) is 4.78. The summed E-state index contributed by atoms with van der Waals surface area (Å²) in [5.41, 5.74) is 2.35. The van der Waals surface area contributed by atoms with E-state index in [1.54, 1.807) is 31.4 Å². The lowest BCUT2D eigenvalue weighted by Gasteiger charge is -2.13. The van der Waals surface area contributed by atoms with Crippen molar-refractivity contribution in [2.24, 2.45) is 0 Å². The molecule has 0 fully saturated rings. The molecule has 4 heteroatoms. The molecule has 3 nitrogen and oxygen atoms in total. The molecule has 0 aliphatic rings. The van der Waals surface area contributed by atoms with Gasteiger partial charge in [0.15, 0.2) is 0 Å². The number of hydrogen-bond donors (Lipinski definition) is 1. The Labute approximate surface area is 126 Å². The van der Waals surface area contributed by atoms with Crippen molar-refractivity contribution in [3.63, 3.8) is 0 Å². The number of hydrogen-bond acceptors (Lipinski definition) is 3. The van der Waals surface area contributed by atoms with E-state index in [9.17, 15) is 5.11 Å². The zero-order chi connectivity index (χ0) is 14.5. The highest BCUT2D eigenvalue weighted by Crippen LogP contribution is 2.27. The van der Waals surface area contributed by atoms with Crippen LogP contribution >= 0.6 is 15.9 Å². The molecule has 0 radical (unpaired) electrons. The van der Waals surface area contributed by atoms with E-state index in [4.69, 9.17) is 10.00 Å². The van der Waals surface area contributed by atoms with Crippen LogP contribution in [-0.4, -0.2) is 12.2 Å². The summed E-state index contributed by atoms with van der Waals surface area (Å²) in [4.78, 5) is 0. The lowest BCUT2D eigenvalue weighted by molar-refractivity contribution is 0.178. The second kappa shape index (κ2) is 6.56. The molecule has 102 valence electrons. The second-order valence-corrected chi connectivity index (χ2v) is 5.27. The molecule has 1 N–H and O–H groups in total. The summed E-state index contributed by atoms with van der Waals surface area (Å²) in [6.45, 7) is 0.